The number of aliphatic hydroxyl groups is 2. The molecule has 1 aliphatic rings. The molecule has 2 unspecified atom stereocenters. The van der Waals surface area contributed by atoms with Gasteiger partial charge in [0, 0.05) is 25.5 Å². The molecule has 2 heterocycles. The molecule has 0 aliphatic carbocycles. The lowest BCUT2D eigenvalue weighted by molar-refractivity contribution is -0.161. The third kappa shape index (κ3) is 30.7. The molecule has 0 amide bonds. The summed E-state index contributed by atoms with van der Waals surface area (Å²) in [5.74, 6) is -1.80. The predicted molar refractivity (Wildman–Crippen MR) is 271 cm³/mol. The van der Waals surface area contributed by atoms with Gasteiger partial charge in [-0.15, -0.1) is 0 Å². The lowest BCUT2D eigenvalue weighted by Gasteiger charge is -2.21. The maximum Gasteiger partial charge on any atom is 0.481 e. The minimum Gasteiger partial charge on any atom is -0.462 e. The van der Waals surface area contributed by atoms with Crippen molar-refractivity contribution >= 4 is 39.2 Å². The van der Waals surface area contributed by atoms with E-state index < -0.39 is 83.7 Å². The molecule has 402 valence electrons. The highest BCUT2D eigenvalue weighted by Crippen LogP contribution is 2.60. The zero-order chi connectivity index (χ0) is 52.2. The number of hydrogen-bond donors (Lipinski definition) is 5. The second-order valence-electron chi connectivity index (χ2n) is 17.3. The van der Waals surface area contributed by atoms with Crippen molar-refractivity contribution < 1.29 is 71.1 Å². The van der Waals surface area contributed by atoms with Crippen LogP contribution < -0.4 is 11.4 Å². The highest BCUT2D eigenvalue weighted by Gasteiger charge is 2.46. The number of hydrogen-bond acceptors (Lipinski definition) is 16. The van der Waals surface area contributed by atoms with E-state index in [4.69, 9.17) is 29.0 Å². The Morgan fingerprint density at radius 1 is 0.718 bits per heavy atom. The Balaban J connectivity index is 1.86. The summed E-state index contributed by atoms with van der Waals surface area (Å²) in [7, 11) is -11.0. The third-order valence-corrected chi connectivity index (χ3v) is 13.7. The molecule has 0 saturated carbocycles. The lowest BCUT2D eigenvalue weighted by atomic mass is 10.1. The largest absolute Gasteiger partial charge is 0.481 e. The van der Waals surface area contributed by atoms with E-state index in [-0.39, 0.29) is 37.3 Å². The van der Waals surface area contributed by atoms with E-state index in [0.717, 1.165) is 75.0 Å². The van der Waals surface area contributed by atoms with Crippen LogP contribution in [0.4, 0.5) is 5.82 Å². The van der Waals surface area contributed by atoms with Gasteiger partial charge in [-0.05, 0) is 76.4 Å². The average Bonchev–Trinajstić information content (AvgIpc) is 3.60. The van der Waals surface area contributed by atoms with Crippen molar-refractivity contribution in [3.63, 3.8) is 0 Å². The number of phosphoric acid groups is 2. The van der Waals surface area contributed by atoms with Crippen molar-refractivity contribution in [2.45, 2.75) is 192 Å². The summed E-state index contributed by atoms with van der Waals surface area (Å²) in [6.07, 6.45) is 33.1. The van der Waals surface area contributed by atoms with Crippen LogP contribution in [0.2, 0.25) is 0 Å². The molecule has 7 atom stereocenters. The first kappa shape index (κ1) is 63.2. The molecular formula is C50H81N3O16P2. The fourth-order valence-electron chi connectivity index (χ4n) is 7.08. The number of aliphatic hydroxyl groups excluding tert-OH is 2. The Hall–Kier alpha value is -3.87. The highest BCUT2D eigenvalue weighted by atomic mass is 31.3. The summed E-state index contributed by atoms with van der Waals surface area (Å²) in [6.45, 7) is 1.87. The Kier molecular flexibility index (Phi) is 33.7. The van der Waals surface area contributed by atoms with Crippen LogP contribution in [-0.2, 0) is 51.1 Å². The third-order valence-electron chi connectivity index (χ3n) is 11.1. The predicted octanol–water partition coefficient (Wildman–Crippen LogP) is 9.51. The van der Waals surface area contributed by atoms with Crippen LogP contribution in [0.3, 0.4) is 0 Å². The van der Waals surface area contributed by atoms with Crippen molar-refractivity contribution in [2.24, 2.45) is 0 Å². The summed E-state index contributed by atoms with van der Waals surface area (Å²) in [5.41, 5.74) is 4.56. The maximum absolute atomic E-state index is 12.8. The molecule has 6 N–H and O–H groups in total. The van der Waals surface area contributed by atoms with Gasteiger partial charge < -0.3 is 39.9 Å². The van der Waals surface area contributed by atoms with Crippen molar-refractivity contribution in [3.8, 4) is 0 Å². The molecule has 1 saturated heterocycles. The van der Waals surface area contributed by atoms with E-state index in [2.05, 4.69) is 53.5 Å². The van der Waals surface area contributed by atoms with Gasteiger partial charge in [0.25, 0.3) is 0 Å². The minimum atomic E-state index is -5.48. The maximum atomic E-state index is 12.8. The highest BCUT2D eigenvalue weighted by molar-refractivity contribution is 7.61. The molecule has 1 aromatic rings. The van der Waals surface area contributed by atoms with Crippen molar-refractivity contribution in [2.75, 3.05) is 25.6 Å². The van der Waals surface area contributed by atoms with Gasteiger partial charge in [0.1, 0.15) is 30.7 Å². The number of allylic oxidation sites excluding steroid dienone is 10. The molecule has 21 heteroatoms. The number of carbonyl (C=O) groups is 3. The first-order chi connectivity index (χ1) is 34.1. The number of rotatable bonds is 41. The summed E-state index contributed by atoms with van der Waals surface area (Å²) in [6, 6.07) is 1.23. The van der Waals surface area contributed by atoms with E-state index >= 15 is 0 Å². The molecule has 0 spiro atoms. The van der Waals surface area contributed by atoms with Gasteiger partial charge in [0.15, 0.2) is 18.1 Å². The van der Waals surface area contributed by atoms with E-state index in [1.807, 2.05) is 12.2 Å². The van der Waals surface area contributed by atoms with Crippen molar-refractivity contribution in [3.05, 3.63) is 83.5 Å². The number of nitrogens with zero attached hydrogens (tertiary/aromatic N) is 2. The van der Waals surface area contributed by atoms with Crippen molar-refractivity contribution in [1.29, 1.82) is 0 Å². The van der Waals surface area contributed by atoms with E-state index in [1.165, 1.54) is 57.1 Å². The Morgan fingerprint density at radius 3 is 1.96 bits per heavy atom. The average molecular weight is 1040 g/mol. The molecule has 0 aromatic carbocycles. The number of anilines is 1. The summed E-state index contributed by atoms with van der Waals surface area (Å²) in [4.78, 5) is 74.2. The van der Waals surface area contributed by atoms with Gasteiger partial charge in [-0.2, -0.15) is 9.29 Å². The SMILES string of the molecule is CCCCC/C=C\C/C=C\C/C=C\C=C\C(=O)CCCC(=O)O[C@H](COC(=O)CCCCCCCCC/C=C\CCCCCC)COP(=O)(O)OP(=O)(O)OC[C@H]1O[C@@H](n2ccc(N)nc2=O)[C@H](O)[C@@H]1O. The van der Waals surface area contributed by atoms with Crippen LogP contribution in [0.15, 0.2) is 77.8 Å². The lowest BCUT2D eigenvalue weighted by Crippen LogP contribution is -2.36. The molecule has 2 rings (SSSR count). The van der Waals surface area contributed by atoms with Crippen LogP contribution in [0.1, 0.15) is 168 Å². The van der Waals surface area contributed by atoms with Crippen LogP contribution in [0.5, 0.6) is 0 Å². The fraction of sp³-hybridized carbons (Fsp3) is 0.660. The quantitative estimate of drug-likeness (QED) is 0.0102. The first-order valence-corrected chi connectivity index (χ1v) is 28.2. The Labute approximate surface area is 419 Å². The fourth-order valence-corrected chi connectivity index (χ4v) is 9.19. The van der Waals surface area contributed by atoms with E-state index in [1.54, 1.807) is 12.2 Å². The first-order valence-electron chi connectivity index (χ1n) is 25.3. The zero-order valence-corrected chi connectivity index (χ0v) is 43.5. The van der Waals surface area contributed by atoms with Gasteiger partial charge in [0.2, 0.25) is 0 Å². The second-order valence-corrected chi connectivity index (χ2v) is 20.4. The number of nitrogens with two attached hydrogens (primary N) is 1. The van der Waals surface area contributed by atoms with Gasteiger partial charge >= 0.3 is 33.3 Å². The summed E-state index contributed by atoms with van der Waals surface area (Å²) >= 11 is 0. The second kappa shape index (κ2) is 37.8. The monoisotopic (exact) mass is 1040 g/mol. The van der Waals surface area contributed by atoms with Gasteiger partial charge in [0.05, 0.1) is 13.2 Å². The molecular weight excluding hydrogens is 961 g/mol. The minimum absolute atomic E-state index is 0.0157. The Morgan fingerprint density at radius 2 is 1.28 bits per heavy atom. The number of ketones is 1. The number of esters is 2. The van der Waals surface area contributed by atoms with E-state index in [9.17, 15) is 48.3 Å². The van der Waals surface area contributed by atoms with Crippen LogP contribution in [0, 0.1) is 0 Å². The smallest absolute Gasteiger partial charge is 0.462 e. The standard InChI is InChI=1S/C50H81N3O16P2/c1-3-5-7-9-11-13-15-17-18-20-22-24-26-28-30-34-45(55)64-38-42(67-46(56)35-31-33-41(54)32-29-27-25-23-21-19-16-14-12-10-8-6-4-2)39-65-70(60,61)69-71(62,63)66-40-43-47(57)48(58)49(68-43)53-37-36-44(51)52-50(53)59/h12-15,19,21,25,27,29,32,36-37,42-43,47-49,57-58H,3-11,16-18,20,22-24,26,28,30-31,33-35,38-40H2,1-2H3,(H,60,61)(H,62,63)(H2,51,52,59)/b14-12-,15-13-,21-19-,27-25-,32-29+/t42-,43-,47-,48-,49-/m1/s1. The van der Waals surface area contributed by atoms with Gasteiger partial charge in [-0.3, -0.25) is 28.0 Å². The number of carbonyl (C=O) groups excluding carboxylic acids is 3. The number of nitrogen functional groups attached to an aromatic ring is 1. The molecule has 71 heavy (non-hydrogen) atoms. The molecule has 19 nitrogen and oxygen atoms in total. The van der Waals surface area contributed by atoms with Crippen LogP contribution >= 0.6 is 15.6 Å². The summed E-state index contributed by atoms with van der Waals surface area (Å²) in [5, 5.41) is 20.9. The molecule has 1 aliphatic heterocycles. The van der Waals surface area contributed by atoms with Gasteiger partial charge in [-0.25, -0.2) is 13.9 Å². The molecule has 0 bridgehead atoms. The van der Waals surface area contributed by atoms with Crippen LogP contribution in [-0.4, -0.2) is 91.5 Å². The van der Waals surface area contributed by atoms with E-state index in [0.29, 0.717) is 12.8 Å². The number of unbranched alkanes of at least 4 members (excludes halogenated alkanes) is 14. The normalized spacial score (nSPS) is 19.6. The Bertz CT molecular complexity index is 1990. The number of phosphoric ester groups is 2. The van der Waals surface area contributed by atoms with Crippen LogP contribution in [0.25, 0.3) is 0 Å². The molecule has 0 radical (unpaired) electrons. The number of ether oxygens (including phenoxy) is 3. The van der Waals surface area contributed by atoms with Crippen molar-refractivity contribution in [1.82, 2.24) is 9.55 Å². The zero-order valence-electron chi connectivity index (χ0n) is 41.8. The topological polar surface area (TPSA) is 283 Å². The molecule has 1 fully saturated rings. The summed E-state index contributed by atoms with van der Waals surface area (Å²) < 4.78 is 56.5. The number of aromatic nitrogens is 2. The van der Waals surface area contributed by atoms with Gasteiger partial charge in [-0.1, -0.05) is 133 Å². The molecule has 1 aromatic heterocycles.